The average molecular weight is 126 g/mol. The maximum absolute atomic E-state index is 2.38. The molecule has 0 saturated carbocycles. The second-order valence-electron chi connectivity index (χ2n) is 2.36. The standard InChI is InChI=1S/C9H18/c1-4-7-8-9(5-2)6-3/h8H,4-7H2,1-3H3. The Bertz CT molecular complexity index is 74.0. The van der Waals surface area contributed by atoms with Crippen molar-refractivity contribution in [2.75, 3.05) is 0 Å². The van der Waals surface area contributed by atoms with Gasteiger partial charge in [-0.05, 0) is 19.3 Å². The molecule has 0 amide bonds. The number of allylic oxidation sites excluding steroid dienone is 2. The molecule has 0 bridgehead atoms. The van der Waals surface area contributed by atoms with Gasteiger partial charge in [0.1, 0.15) is 0 Å². The molecule has 0 heteroatoms. The Morgan fingerprint density at radius 1 is 1.11 bits per heavy atom. The number of hydrogen-bond donors (Lipinski definition) is 0. The van der Waals surface area contributed by atoms with Crippen LogP contribution in [0.2, 0.25) is 0 Å². The predicted octanol–water partition coefficient (Wildman–Crippen LogP) is 3.53. The Kier molecular flexibility index (Phi) is 5.70. The van der Waals surface area contributed by atoms with E-state index in [-0.39, 0.29) is 0 Å². The molecular weight excluding hydrogens is 108 g/mol. The van der Waals surface area contributed by atoms with Gasteiger partial charge in [-0.3, -0.25) is 0 Å². The monoisotopic (exact) mass is 126 g/mol. The van der Waals surface area contributed by atoms with E-state index in [9.17, 15) is 0 Å². The summed E-state index contributed by atoms with van der Waals surface area (Å²) in [5, 5.41) is 0. The van der Waals surface area contributed by atoms with Gasteiger partial charge in [0.2, 0.25) is 0 Å². The van der Waals surface area contributed by atoms with Gasteiger partial charge >= 0.3 is 0 Å². The molecule has 0 rings (SSSR count). The van der Waals surface area contributed by atoms with Crippen LogP contribution in [0.25, 0.3) is 0 Å². The van der Waals surface area contributed by atoms with Gasteiger partial charge in [0.05, 0.1) is 0 Å². The molecule has 0 radical (unpaired) electrons. The van der Waals surface area contributed by atoms with Gasteiger partial charge in [-0.15, -0.1) is 0 Å². The second-order valence-corrected chi connectivity index (χ2v) is 2.36. The summed E-state index contributed by atoms with van der Waals surface area (Å²) in [5.41, 5.74) is 1.61. The van der Waals surface area contributed by atoms with Crippen LogP contribution in [-0.2, 0) is 0 Å². The van der Waals surface area contributed by atoms with Crippen LogP contribution in [0.4, 0.5) is 0 Å². The highest BCUT2D eigenvalue weighted by atomic mass is 13.9. The summed E-state index contributed by atoms with van der Waals surface area (Å²) in [4.78, 5) is 0. The number of rotatable bonds is 4. The quantitative estimate of drug-likeness (QED) is 0.505. The van der Waals surface area contributed by atoms with E-state index in [0.717, 1.165) is 0 Å². The van der Waals surface area contributed by atoms with Gasteiger partial charge in [0.15, 0.2) is 0 Å². The molecule has 0 N–H and O–H groups in total. The van der Waals surface area contributed by atoms with Gasteiger partial charge in [0, 0.05) is 0 Å². The van der Waals surface area contributed by atoms with Crippen LogP contribution in [0.5, 0.6) is 0 Å². The Morgan fingerprint density at radius 3 is 2.00 bits per heavy atom. The molecule has 0 aliphatic carbocycles. The van der Waals surface area contributed by atoms with Gasteiger partial charge in [0.25, 0.3) is 0 Å². The highest BCUT2D eigenvalue weighted by Crippen LogP contribution is 2.06. The van der Waals surface area contributed by atoms with Crippen LogP contribution in [0, 0.1) is 0 Å². The first-order valence-electron chi connectivity index (χ1n) is 4.03. The van der Waals surface area contributed by atoms with Crippen molar-refractivity contribution >= 4 is 0 Å². The molecule has 0 fully saturated rings. The molecule has 9 heavy (non-hydrogen) atoms. The second kappa shape index (κ2) is 5.87. The summed E-state index contributed by atoms with van der Waals surface area (Å²) < 4.78 is 0. The Balaban J connectivity index is 3.48. The molecule has 0 aromatic heterocycles. The third-order valence-corrected chi connectivity index (χ3v) is 1.63. The summed E-state index contributed by atoms with van der Waals surface area (Å²) in [7, 11) is 0. The topological polar surface area (TPSA) is 0 Å². The fourth-order valence-electron chi connectivity index (χ4n) is 0.887. The van der Waals surface area contributed by atoms with Crippen LogP contribution in [0.1, 0.15) is 46.5 Å². The summed E-state index contributed by atoms with van der Waals surface area (Å²) in [6.45, 7) is 6.68. The molecule has 0 spiro atoms. The van der Waals surface area contributed by atoms with E-state index in [2.05, 4.69) is 26.8 Å². The largest absolute Gasteiger partial charge is 0.0854 e. The molecule has 0 atom stereocenters. The van der Waals surface area contributed by atoms with Crippen molar-refractivity contribution in [3.8, 4) is 0 Å². The van der Waals surface area contributed by atoms with Gasteiger partial charge in [-0.2, -0.15) is 0 Å². The van der Waals surface area contributed by atoms with Crippen molar-refractivity contribution in [1.29, 1.82) is 0 Å². The minimum Gasteiger partial charge on any atom is -0.0854 e. The molecule has 0 aliphatic rings. The molecule has 0 nitrogen and oxygen atoms in total. The highest BCUT2D eigenvalue weighted by Gasteiger charge is 1.86. The Hall–Kier alpha value is -0.260. The fraction of sp³-hybridized carbons (Fsp3) is 0.778. The zero-order chi connectivity index (χ0) is 7.11. The van der Waals surface area contributed by atoms with E-state index in [1.165, 1.54) is 25.7 Å². The lowest BCUT2D eigenvalue weighted by molar-refractivity contribution is 0.902. The zero-order valence-electron chi connectivity index (χ0n) is 6.91. The summed E-state index contributed by atoms with van der Waals surface area (Å²) in [6, 6.07) is 0. The third-order valence-electron chi connectivity index (χ3n) is 1.63. The SMILES string of the molecule is CCCC=C(CC)CC. The number of hydrogen-bond acceptors (Lipinski definition) is 0. The average Bonchev–Trinajstić information content (AvgIpc) is 1.91. The lowest BCUT2D eigenvalue weighted by atomic mass is 10.1. The van der Waals surface area contributed by atoms with Crippen LogP contribution in [0.15, 0.2) is 11.6 Å². The van der Waals surface area contributed by atoms with Crippen molar-refractivity contribution in [2.45, 2.75) is 46.5 Å². The molecule has 0 saturated heterocycles. The van der Waals surface area contributed by atoms with E-state index in [4.69, 9.17) is 0 Å². The Morgan fingerprint density at radius 2 is 1.67 bits per heavy atom. The predicted molar refractivity (Wildman–Crippen MR) is 43.6 cm³/mol. The maximum Gasteiger partial charge on any atom is -0.0349 e. The van der Waals surface area contributed by atoms with Gasteiger partial charge in [-0.25, -0.2) is 0 Å². The van der Waals surface area contributed by atoms with E-state index in [0.29, 0.717) is 0 Å². The summed E-state index contributed by atoms with van der Waals surface area (Å²) in [5.74, 6) is 0. The highest BCUT2D eigenvalue weighted by molar-refractivity contribution is 4.99. The first-order valence-corrected chi connectivity index (χ1v) is 4.03. The van der Waals surface area contributed by atoms with Crippen molar-refractivity contribution in [3.63, 3.8) is 0 Å². The fourth-order valence-corrected chi connectivity index (χ4v) is 0.887. The van der Waals surface area contributed by atoms with E-state index in [1.54, 1.807) is 5.57 Å². The van der Waals surface area contributed by atoms with Crippen LogP contribution >= 0.6 is 0 Å². The van der Waals surface area contributed by atoms with E-state index < -0.39 is 0 Å². The molecule has 0 aromatic rings. The van der Waals surface area contributed by atoms with E-state index in [1.807, 2.05) is 0 Å². The van der Waals surface area contributed by atoms with Crippen molar-refractivity contribution in [1.82, 2.24) is 0 Å². The van der Waals surface area contributed by atoms with Crippen LogP contribution in [0.3, 0.4) is 0 Å². The minimum atomic E-state index is 1.23. The first kappa shape index (κ1) is 8.74. The number of unbranched alkanes of at least 4 members (excludes halogenated alkanes) is 1. The normalized spacial score (nSPS) is 9.22. The lowest BCUT2D eigenvalue weighted by Gasteiger charge is -1.97. The maximum atomic E-state index is 2.38. The van der Waals surface area contributed by atoms with Crippen molar-refractivity contribution in [2.24, 2.45) is 0 Å². The molecule has 0 unspecified atom stereocenters. The first-order chi connectivity index (χ1) is 4.35. The Labute approximate surface area is 59.0 Å². The molecule has 0 heterocycles. The smallest absolute Gasteiger partial charge is 0.0349 e. The van der Waals surface area contributed by atoms with Crippen LogP contribution < -0.4 is 0 Å². The van der Waals surface area contributed by atoms with E-state index >= 15 is 0 Å². The summed E-state index contributed by atoms with van der Waals surface area (Å²) in [6.07, 6.45) is 7.38. The molecule has 54 valence electrons. The minimum absolute atomic E-state index is 1.23. The third kappa shape index (κ3) is 4.26. The van der Waals surface area contributed by atoms with Crippen molar-refractivity contribution in [3.05, 3.63) is 11.6 Å². The lowest BCUT2D eigenvalue weighted by Crippen LogP contribution is -1.76. The molecule has 0 aliphatic heterocycles. The van der Waals surface area contributed by atoms with Gasteiger partial charge in [-0.1, -0.05) is 38.8 Å². The van der Waals surface area contributed by atoms with Gasteiger partial charge < -0.3 is 0 Å². The summed E-state index contributed by atoms with van der Waals surface area (Å²) >= 11 is 0. The van der Waals surface area contributed by atoms with Crippen molar-refractivity contribution < 1.29 is 0 Å². The van der Waals surface area contributed by atoms with Crippen LogP contribution in [-0.4, -0.2) is 0 Å². The molecule has 0 aromatic carbocycles. The molecular formula is C9H18. The zero-order valence-corrected chi connectivity index (χ0v) is 6.91.